The van der Waals surface area contributed by atoms with Gasteiger partial charge in [0.25, 0.3) is 0 Å². The molecule has 2 saturated carbocycles. The van der Waals surface area contributed by atoms with Crippen molar-refractivity contribution in [3.8, 4) is 0 Å². The first-order chi connectivity index (χ1) is 8.37. The number of ether oxygens (including phenoxy) is 1. The van der Waals surface area contributed by atoms with Gasteiger partial charge in [-0.3, -0.25) is 0 Å². The number of hydrogen-bond donors (Lipinski definition) is 0. The predicted molar refractivity (Wildman–Crippen MR) is 73.3 cm³/mol. The zero-order valence-electron chi connectivity index (χ0n) is 11.7. The summed E-state index contributed by atoms with van der Waals surface area (Å²) in [5.41, 5.74) is 0.266. The molecule has 2 fully saturated rings. The first-order valence-corrected chi connectivity index (χ1v) is 7.92. The smallest absolute Gasteiger partial charge is 0.0706 e. The van der Waals surface area contributed by atoms with Gasteiger partial charge in [-0.25, -0.2) is 0 Å². The Labute approximate surface area is 107 Å². The second-order valence-corrected chi connectivity index (χ2v) is 6.23. The lowest BCUT2D eigenvalue weighted by Gasteiger charge is -2.43. The summed E-state index contributed by atoms with van der Waals surface area (Å²) in [7, 11) is 1.97. The van der Waals surface area contributed by atoms with E-state index in [1.54, 1.807) is 0 Å². The van der Waals surface area contributed by atoms with Crippen molar-refractivity contribution in [1.82, 2.24) is 0 Å². The van der Waals surface area contributed by atoms with Crippen LogP contribution in [0, 0.1) is 5.92 Å². The Morgan fingerprint density at radius 3 is 1.71 bits per heavy atom. The highest BCUT2D eigenvalue weighted by Gasteiger charge is 2.39. The summed E-state index contributed by atoms with van der Waals surface area (Å²) in [5.74, 6) is 0.853. The van der Waals surface area contributed by atoms with Gasteiger partial charge in [0.2, 0.25) is 0 Å². The Morgan fingerprint density at radius 2 is 1.18 bits per heavy atom. The monoisotopic (exact) mass is 238 g/mol. The van der Waals surface area contributed by atoms with Crippen LogP contribution in [0.5, 0.6) is 0 Å². The molecule has 0 amide bonds. The molecule has 0 spiro atoms. The van der Waals surface area contributed by atoms with Gasteiger partial charge >= 0.3 is 0 Å². The number of hydrogen-bond acceptors (Lipinski definition) is 1. The summed E-state index contributed by atoms with van der Waals surface area (Å²) in [6.07, 6.45) is 18.4. The van der Waals surface area contributed by atoms with E-state index in [0.29, 0.717) is 0 Å². The van der Waals surface area contributed by atoms with Crippen molar-refractivity contribution in [3.05, 3.63) is 0 Å². The molecule has 0 aromatic heterocycles. The molecule has 0 aromatic carbocycles. The van der Waals surface area contributed by atoms with Gasteiger partial charge in [0, 0.05) is 7.11 Å². The summed E-state index contributed by atoms with van der Waals surface area (Å²) in [4.78, 5) is 0. The van der Waals surface area contributed by atoms with Gasteiger partial charge in [-0.1, -0.05) is 57.8 Å². The second-order valence-electron chi connectivity index (χ2n) is 6.23. The molecule has 2 aliphatic carbocycles. The molecule has 0 radical (unpaired) electrons. The van der Waals surface area contributed by atoms with E-state index in [1.807, 2.05) is 7.11 Å². The Kier molecular flexibility index (Phi) is 5.34. The summed E-state index contributed by atoms with van der Waals surface area (Å²) in [6.45, 7) is 0. The topological polar surface area (TPSA) is 9.23 Å². The molecule has 17 heavy (non-hydrogen) atoms. The maximum Gasteiger partial charge on any atom is 0.0706 e. The van der Waals surface area contributed by atoms with Gasteiger partial charge in [-0.2, -0.15) is 0 Å². The fourth-order valence-electron chi connectivity index (χ4n) is 4.09. The molecule has 0 saturated heterocycles. The van der Waals surface area contributed by atoms with Crippen LogP contribution in [0.15, 0.2) is 0 Å². The lowest BCUT2D eigenvalue weighted by Crippen LogP contribution is -2.42. The number of rotatable bonds is 2. The Balaban J connectivity index is 1.99. The van der Waals surface area contributed by atoms with Crippen molar-refractivity contribution in [2.24, 2.45) is 5.92 Å². The second kappa shape index (κ2) is 6.78. The molecule has 2 aliphatic rings. The van der Waals surface area contributed by atoms with Gasteiger partial charge < -0.3 is 4.74 Å². The zero-order chi connectivity index (χ0) is 12.0. The lowest BCUT2D eigenvalue weighted by molar-refractivity contribution is -0.0896. The van der Waals surface area contributed by atoms with E-state index in [-0.39, 0.29) is 5.60 Å². The highest BCUT2D eigenvalue weighted by molar-refractivity contribution is 4.91. The molecule has 0 aliphatic heterocycles. The molecular formula is C16H30O. The third-order valence-corrected chi connectivity index (χ3v) is 5.21. The van der Waals surface area contributed by atoms with Crippen LogP contribution in [0.1, 0.15) is 83.5 Å². The summed E-state index contributed by atoms with van der Waals surface area (Å²) >= 11 is 0. The molecule has 1 nitrogen and oxygen atoms in total. The minimum absolute atomic E-state index is 0.266. The fraction of sp³-hybridized carbons (Fsp3) is 1.00. The maximum absolute atomic E-state index is 6.06. The first-order valence-electron chi connectivity index (χ1n) is 7.92. The predicted octanol–water partition coefficient (Wildman–Crippen LogP) is 5.09. The minimum Gasteiger partial charge on any atom is -0.378 e. The summed E-state index contributed by atoms with van der Waals surface area (Å²) in [5, 5.41) is 0. The third-order valence-electron chi connectivity index (χ3n) is 5.21. The average molecular weight is 238 g/mol. The van der Waals surface area contributed by atoms with Gasteiger partial charge in [0.15, 0.2) is 0 Å². The maximum atomic E-state index is 6.06. The van der Waals surface area contributed by atoms with Crippen molar-refractivity contribution in [3.63, 3.8) is 0 Å². The average Bonchev–Trinajstić information content (AvgIpc) is 2.53. The van der Waals surface area contributed by atoms with E-state index < -0.39 is 0 Å². The van der Waals surface area contributed by atoms with Crippen LogP contribution >= 0.6 is 0 Å². The van der Waals surface area contributed by atoms with E-state index in [1.165, 1.54) is 83.5 Å². The molecule has 100 valence electrons. The van der Waals surface area contributed by atoms with Crippen molar-refractivity contribution in [1.29, 1.82) is 0 Å². The van der Waals surface area contributed by atoms with Crippen molar-refractivity contribution >= 4 is 0 Å². The highest BCUT2D eigenvalue weighted by atomic mass is 16.5. The SMILES string of the molecule is COC1(C2CCCCCCCC2)CCCCC1. The van der Waals surface area contributed by atoms with Gasteiger partial charge in [-0.15, -0.1) is 0 Å². The molecule has 2 rings (SSSR count). The first kappa shape index (κ1) is 13.4. The Morgan fingerprint density at radius 1 is 0.706 bits per heavy atom. The van der Waals surface area contributed by atoms with Crippen LogP contribution in [-0.2, 0) is 4.74 Å². The van der Waals surface area contributed by atoms with Crippen molar-refractivity contribution < 1.29 is 4.74 Å². The van der Waals surface area contributed by atoms with Crippen LogP contribution < -0.4 is 0 Å². The van der Waals surface area contributed by atoms with E-state index in [0.717, 1.165) is 5.92 Å². The summed E-state index contributed by atoms with van der Waals surface area (Å²) in [6, 6.07) is 0. The van der Waals surface area contributed by atoms with E-state index in [9.17, 15) is 0 Å². The Hall–Kier alpha value is -0.0400. The molecule has 0 heterocycles. The molecule has 0 bridgehead atoms. The van der Waals surface area contributed by atoms with Crippen LogP contribution in [0.2, 0.25) is 0 Å². The van der Waals surface area contributed by atoms with Crippen LogP contribution in [0.3, 0.4) is 0 Å². The standard InChI is InChI=1S/C16H30O/c1-17-16(13-9-6-10-14-16)15-11-7-4-2-3-5-8-12-15/h15H,2-14H2,1H3. The lowest BCUT2D eigenvalue weighted by atomic mass is 9.72. The van der Waals surface area contributed by atoms with E-state index in [2.05, 4.69) is 0 Å². The molecule has 0 N–H and O–H groups in total. The third kappa shape index (κ3) is 3.47. The quantitative estimate of drug-likeness (QED) is 0.651. The Bertz CT molecular complexity index is 196. The highest BCUT2D eigenvalue weighted by Crippen LogP contribution is 2.42. The van der Waals surface area contributed by atoms with Crippen LogP contribution in [0.25, 0.3) is 0 Å². The van der Waals surface area contributed by atoms with E-state index in [4.69, 9.17) is 4.74 Å². The molecule has 1 heteroatoms. The van der Waals surface area contributed by atoms with Crippen molar-refractivity contribution in [2.45, 2.75) is 89.1 Å². The van der Waals surface area contributed by atoms with Gasteiger partial charge in [0.05, 0.1) is 5.60 Å². The van der Waals surface area contributed by atoms with Crippen molar-refractivity contribution in [2.75, 3.05) is 7.11 Å². The normalized spacial score (nSPS) is 28.1. The molecule has 0 atom stereocenters. The van der Waals surface area contributed by atoms with Crippen LogP contribution in [0.4, 0.5) is 0 Å². The molecule has 0 aromatic rings. The molecular weight excluding hydrogens is 208 g/mol. The minimum atomic E-state index is 0.266. The van der Waals surface area contributed by atoms with Gasteiger partial charge in [-0.05, 0) is 31.6 Å². The largest absolute Gasteiger partial charge is 0.378 e. The van der Waals surface area contributed by atoms with Crippen LogP contribution in [-0.4, -0.2) is 12.7 Å². The number of methoxy groups -OCH3 is 1. The fourth-order valence-corrected chi connectivity index (χ4v) is 4.09. The summed E-state index contributed by atoms with van der Waals surface area (Å²) < 4.78 is 6.06. The van der Waals surface area contributed by atoms with Gasteiger partial charge in [0.1, 0.15) is 0 Å². The zero-order valence-corrected chi connectivity index (χ0v) is 11.7. The molecule has 0 unspecified atom stereocenters. The van der Waals surface area contributed by atoms with E-state index >= 15 is 0 Å².